The maximum atomic E-state index is 14.2. The zero-order chi connectivity index (χ0) is 21.5. The topological polar surface area (TPSA) is 92.7 Å². The molecule has 0 aliphatic heterocycles. The number of rotatable bonds is 7. The predicted molar refractivity (Wildman–Crippen MR) is 104 cm³/mol. The molecule has 0 saturated heterocycles. The molecule has 0 spiro atoms. The van der Waals surface area contributed by atoms with Crippen LogP contribution in [0.5, 0.6) is 5.75 Å². The third kappa shape index (κ3) is 7.22. The third-order valence-electron chi connectivity index (χ3n) is 3.99. The van der Waals surface area contributed by atoms with E-state index in [1.807, 2.05) is 37.3 Å². The minimum Gasteiger partial charge on any atom is -0.748 e. The number of esters is 1. The van der Waals surface area contributed by atoms with Gasteiger partial charge in [-0.15, -0.1) is 0 Å². The summed E-state index contributed by atoms with van der Waals surface area (Å²) in [5.74, 6) is 3.34. The van der Waals surface area contributed by atoms with Crippen LogP contribution in [0.1, 0.15) is 36.2 Å². The Kier molecular flexibility index (Phi) is 7.37. The van der Waals surface area contributed by atoms with Crippen molar-refractivity contribution in [3.05, 3.63) is 65.5 Å². The minimum atomic E-state index is -4.50. The second kappa shape index (κ2) is 9.54. The van der Waals surface area contributed by atoms with Crippen molar-refractivity contribution in [1.82, 2.24) is 0 Å². The Bertz CT molecular complexity index is 1020. The predicted octanol–water partition coefficient (Wildman–Crippen LogP) is 3.13. The second-order valence-corrected chi connectivity index (χ2v) is 7.87. The zero-order valence-corrected chi connectivity index (χ0v) is 16.8. The molecule has 2 aromatic carbocycles. The summed E-state index contributed by atoms with van der Waals surface area (Å²) in [6.07, 6.45) is 0.447. The van der Waals surface area contributed by atoms with Gasteiger partial charge in [-0.1, -0.05) is 37.0 Å². The highest BCUT2D eigenvalue weighted by molar-refractivity contribution is 7.85. The molecule has 8 heteroatoms. The van der Waals surface area contributed by atoms with E-state index in [-0.39, 0.29) is 11.3 Å². The molecular weight excluding hydrogens is 399 g/mol. The van der Waals surface area contributed by atoms with Crippen molar-refractivity contribution in [2.75, 3.05) is 12.4 Å². The van der Waals surface area contributed by atoms with E-state index in [0.717, 1.165) is 17.7 Å². The number of carbonyl (C=O) groups is 1. The maximum Gasteiger partial charge on any atom is 0.338 e. The van der Waals surface area contributed by atoms with Crippen LogP contribution in [0.15, 0.2) is 48.5 Å². The lowest BCUT2D eigenvalue weighted by Gasteiger charge is -2.24. The molecule has 0 saturated carbocycles. The van der Waals surface area contributed by atoms with Crippen LogP contribution in [0.3, 0.4) is 0 Å². The molecule has 0 N–H and O–H groups in total. The number of ether oxygens (including phenoxy) is 2. The molecule has 29 heavy (non-hydrogen) atoms. The summed E-state index contributed by atoms with van der Waals surface area (Å²) in [6.45, 7) is 2.94. The molecule has 2 aromatic rings. The van der Waals surface area contributed by atoms with Crippen LogP contribution in [-0.2, 0) is 14.9 Å². The van der Waals surface area contributed by atoms with Gasteiger partial charge in [0.2, 0.25) is 0 Å². The first-order valence-electron chi connectivity index (χ1n) is 8.79. The molecule has 0 aliphatic carbocycles. The van der Waals surface area contributed by atoms with Crippen molar-refractivity contribution >= 4 is 16.1 Å². The number of benzene rings is 2. The summed E-state index contributed by atoms with van der Waals surface area (Å²) in [6, 6.07) is 12.6. The van der Waals surface area contributed by atoms with Crippen molar-refractivity contribution < 1.29 is 31.6 Å². The smallest absolute Gasteiger partial charge is 0.338 e. The quantitative estimate of drug-likeness (QED) is 0.389. The zero-order valence-electron chi connectivity index (χ0n) is 16.0. The van der Waals surface area contributed by atoms with Crippen LogP contribution in [0, 0.1) is 17.7 Å². The van der Waals surface area contributed by atoms with E-state index < -0.39 is 39.9 Å². The monoisotopic (exact) mass is 419 g/mol. The van der Waals surface area contributed by atoms with Crippen molar-refractivity contribution in [2.45, 2.75) is 25.9 Å². The molecule has 0 amide bonds. The van der Waals surface area contributed by atoms with Gasteiger partial charge in [-0.25, -0.2) is 17.6 Å². The number of halogens is 1. The Labute approximate surface area is 169 Å². The van der Waals surface area contributed by atoms with Crippen LogP contribution in [0.25, 0.3) is 0 Å². The van der Waals surface area contributed by atoms with E-state index >= 15 is 0 Å². The lowest BCUT2D eigenvalue weighted by molar-refractivity contribution is 0.0526. The highest BCUT2D eigenvalue weighted by Gasteiger charge is 2.24. The van der Waals surface area contributed by atoms with Crippen LogP contribution in [-0.4, -0.2) is 36.9 Å². The Morgan fingerprint density at radius 1 is 1.21 bits per heavy atom. The van der Waals surface area contributed by atoms with Gasteiger partial charge in [0, 0.05) is 5.56 Å². The molecule has 1 unspecified atom stereocenters. The summed E-state index contributed by atoms with van der Waals surface area (Å²) in [7, 11) is -4.50. The average Bonchev–Trinajstić information content (AvgIpc) is 2.68. The largest absolute Gasteiger partial charge is 0.748 e. The van der Waals surface area contributed by atoms with Gasteiger partial charge < -0.3 is 14.0 Å². The van der Waals surface area contributed by atoms with Crippen LogP contribution in [0.2, 0.25) is 0 Å². The third-order valence-corrected chi connectivity index (χ3v) is 4.65. The van der Waals surface area contributed by atoms with Crippen LogP contribution >= 0.6 is 0 Å². The van der Waals surface area contributed by atoms with Crippen molar-refractivity contribution in [3.63, 3.8) is 0 Å². The minimum absolute atomic E-state index is 0.0424. The maximum absolute atomic E-state index is 14.2. The van der Waals surface area contributed by atoms with Crippen molar-refractivity contribution in [2.24, 2.45) is 0 Å². The Morgan fingerprint density at radius 2 is 1.90 bits per heavy atom. The average molecular weight is 419 g/mol. The Hall–Kier alpha value is -2.89. The highest BCUT2D eigenvalue weighted by Crippen LogP contribution is 2.26. The summed E-state index contributed by atoms with van der Waals surface area (Å²) < 4.78 is 56.4. The van der Waals surface area contributed by atoms with Crippen molar-refractivity contribution in [3.8, 4) is 17.6 Å². The molecule has 0 aliphatic rings. The molecule has 0 heterocycles. The fraction of sp³-hybridized carbons (Fsp3) is 0.286. The van der Waals surface area contributed by atoms with E-state index in [0.29, 0.717) is 6.42 Å². The molecule has 0 radical (unpaired) electrons. The van der Waals surface area contributed by atoms with Gasteiger partial charge in [-0.3, -0.25) is 0 Å². The fourth-order valence-corrected chi connectivity index (χ4v) is 2.47. The number of hydrogen-bond donors (Lipinski definition) is 0. The van der Waals surface area contributed by atoms with Crippen molar-refractivity contribution in [1.29, 1.82) is 0 Å². The van der Waals surface area contributed by atoms with Gasteiger partial charge in [0.1, 0.15) is 6.61 Å². The first-order valence-corrected chi connectivity index (χ1v) is 10.4. The highest BCUT2D eigenvalue weighted by atomic mass is 32.2. The molecule has 2 rings (SSSR count). The molecule has 0 fully saturated rings. The lowest BCUT2D eigenvalue weighted by Crippen LogP contribution is -2.30. The summed E-state index contributed by atoms with van der Waals surface area (Å²) in [5.41, 5.74) is -0.281. The molecule has 0 bridgehead atoms. The van der Waals surface area contributed by atoms with Gasteiger partial charge >= 0.3 is 5.97 Å². The molecule has 6 nitrogen and oxygen atoms in total. The fourth-order valence-electron chi connectivity index (χ4n) is 2.18. The first-order chi connectivity index (χ1) is 13.6. The van der Waals surface area contributed by atoms with E-state index in [9.17, 15) is 22.2 Å². The molecular formula is C21H20FO6S-. The summed E-state index contributed by atoms with van der Waals surface area (Å²) >= 11 is 0. The van der Waals surface area contributed by atoms with E-state index in [1.165, 1.54) is 6.07 Å². The van der Waals surface area contributed by atoms with E-state index in [1.54, 1.807) is 6.92 Å². The van der Waals surface area contributed by atoms with E-state index in [2.05, 4.69) is 11.8 Å². The van der Waals surface area contributed by atoms with Gasteiger partial charge in [0.15, 0.2) is 17.2 Å². The second-order valence-electron chi connectivity index (χ2n) is 6.35. The lowest BCUT2D eigenvalue weighted by atomic mass is 10.0. The summed E-state index contributed by atoms with van der Waals surface area (Å²) in [5, 5.41) is 0. The molecule has 154 valence electrons. The van der Waals surface area contributed by atoms with Gasteiger partial charge in [-0.05, 0) is 43.7 Å². The SMILES string of the molecule is CCC(C)(C#Cc1ccccc1)Oc1cc(C(=O)OCCS(=O)(=O)[O-])ccc1F. The van der Waals surface area contributed by atoms with Crippen LogP contribution < -0.4 is 4.74 Å². The van der Waals surface area contributed by atoms with Gasteiger partial charge in [0.25, 0.3) is 0 Å². The molecule has 1 atom stereocenters. The summed E-state index contributed by atoms with van der Waals surface area (Å²) in [4.78, 5) is 12.0. The normalized spacial score (nSPS) is 13.0. The Balaban J connectivity index is 2.17. The molecule has 0 aromatic heterocycles. The number of carbonyl (C=O) groups excluding carboxylic acids is 1. The standard InChI is InChI=1S/C21H21FO6S/c1-3-21(2,12-11-16-7-5-4-6-8-16)28-19-15-17(9-10-18(19)22)20(23)27-13-14-29(24,25)26/h4-10,15H,3,13-14H2,1-2H3,(H,24,25,26)/p-1. The van der Waals surface area contributed by atoms with Crippen LogP contribution in [0.4, 0.5) is 4.39 Å². The Morgan fingerprint density at radius 3 is 2.52 bits per heavy atom. The van der Waals surface area contributed by atoms with Gasteiger partial charge in [0.05, 0.1) is 21.4 Å². The number of hydrogen-bond acceptors (Lipinski definition) is 6. The first kappa shape index (κ1) is 22.4. The van der Waals surface area contributed by atoms with Gasteiger partial charge in [-0.2, -0.15) is 0 Å². The van der Waals surface area contributed by atoms with E-state index in [4.69, 9.17) is 9.47 Å².